The van der Waals surface area contributed by atoms with Crippen LogP contribution in [0.5, 0.6) is 0 Å². The number of likely N-dealkylation sites (tertiary alicyclic amines) is 2. The van der Waals surface area contributed by atoms with Crippen LogP contribution in [0.3, 0.4) is 0 Å². The molecule has 0 unspecified atom stereocenters. The van der Waals surface area contributed by atoms with Crippen LogP contribution in [-0.2, 0) is 6.42 Å². The number of aromatic nitrogens is 2. The summed E-state index contributed by atoms with van der Waals surface area (Å²) in [6, 6.07) is 10.9. The molecule has 154 valence electrons. The second kappa shape index (κ2) is 8.62. The van der Waals surface area contributed by atoms with Gasteiger partial charge in [-0.1, -0.05) is 43.7 Å². The topological polar surface area (TPSA) is 49.3 Å². The molecular weight excluding hydrogens is 360 g/mol. The monoisotopic (exact) mass is 392 g/mol. The third kappa shape index (κ3) is 4.35. The van der Waals surface area contributed by atoms with Crippen LogP contribution in [0.1, 0.15) is 60.1 Å². The van der Waals surface area contributed by atoms with Gasteiger partial charge in [0.25, 0.3) is 5.91 Å². The van der Waals surface area contributed by atoms with Crippen LogP contribution in [0.25, 0.3) is 0 Å². The molecule has 2 aromatic rings. The van der Waals surface area contributed by atoms with E-state index in [0.29, 0.717) is 16.9 Å². The smallest absolute Gasteiger partial charge is 0.257 e. The Balaban J connectivity index is 1.45. The van der Waals surface area contributed by atoms with Crippen molar-refractivity contribution in [3.8, 4) is 0 Å². The maximum Gasteiger partial charge on any atom is 0.257 e. The molecule has 2 aliphatic rings. The molecule has 1 aromatic carbocycles. The van der Waals surface area contributed by atoms with E-state index in [4.69, 9.17) is 0 Å². The van der Waals surface area contributed by atoms with Gasteiger partial charge in [0.2, 0.25) is 0 Å². The number of hydrogen-bond donors (Lipinski definition) is 0. The van der Waals surface area contributed by atoms with Crippen molar-refractivity contribution >= 4 is 5.91 Å². The van der Waals surface area contributed by atoms with E-state index in [1.807, 2.05) is 4.90 Å². The minimum absolute atomic E-state index is 0.104. The van der Waals surface area contributed by atoms with Crippen LogP contribution in [0.15, 0.2) is 42.9 Å². The maximum atomic E-state index is 13.2. The van der Waals surface area contributed by atoms with Gasteiger partial charge in [-0.15, -0.1) is 0 Å². The summed E-state index contributed by atoms with van der Waals surface area (Å²) in [7, 11) is 2.24. The Hall–Kier alpha value is -2.27. The maximum absolute atomic E-state index is 13.2. The van der Waals surface area contributed by atoms with E-state index < -0.39 is 0 Å². The van der Waals surface area contributed by atoms with Crippen LogP contribution in [-0.4, -0.2) is 58.9 Å². The van der Waals surface area contributed by atoms with Gasteiger partial charge in [0, 0.05) is 32.4 Å². The first-order valence-electron chi connectivity index (χ1n) is 10.9. The Kier molecular flexibility index (Phi) is 5.95. The van der Waals surface area contributed by atoms with Crippen LogP contribution >= 0.6 is 0 Å². The molecule has 0 radical (unpaired) electrons. The summed E-state index contributed by atoms with van der Waals surface area (Å²) in [5, 5.41) is 0. The summed E-state index contributed by atoms with van der Waals surface area (Å²) in [4.78, 5) is 26.1. The van der Waals surface area contributed by atoms with Crippen molar-refractivity contribution in [2.45, 2.75) is 44.9 Å². The average Bonchev–Trinajstić information content (AvgIpc) is 2.75. The van der Waals surface area contributed by atoms with E-state index in [1.165, 1.54) is 12.0 Å². The summed E-state index contributed by atoms with van der Waals surface area (Å²) in [6.45, 7) is 6.02. The summed E-state index contributed by atoms with van der Waals surface area (Å²) < 4.78 is 0. The summed E-state index contributed by atoms with van der Waals surface area (Å²) in [6.07, 6.45) is 8.42. The largest absolute Gasteiger partial charge is 0.339 e. The number of carbonyl (C=O) groups excluding carboxylic acids is 1. The molecule has 2 saturated heterocycles. The summed E-state index contributed by atoms with van der Waals surface area (Å²) >= 11 is 0. The molecule has 0 aliphatic carbocycles. The van der Waals surface area contributed by atoms with Crippen molar-refractivity contribution in [1.82, 2.24) is 19.8 Å². The first kappa shape index (κ1) is 20.0. The average molecular weight is 393 g/mol. The van der Waals surface area contributed by atoms with Gasteiger partial charge >= 0.3 is 0 Å². The highest BCUT2D eigenvalue weighted by Gasteiger charge is 2.42. The molecule has 3 heterocycles. The minimum Gasteiger partial charge on any atom is -0.339 e. The zero-order valence-corrected chi connectivity index (χ0v) is 17.7. The van der Waals surface area contributed by atoms with Crippen molar-refractivity contribution in [2.24, 2.45) is 5.41 Å². The molecule has 5 heteroatoms. The Morgan fingerprint density at radius 2 is 1.97 bits per heavy atom. The normalized spacial score (nSPS) is 22.0. The molecule has 4 rings (SSSR count). The predicted octanol–water partition coefficient (Wildman–Crippen LogP) is 3.77. The van der Waals surface area contributed by atoms with Gasteiger partial charge in [-0.3, -0.25) is 4.79 Å². The fourth-order valence-corrected chi connectivity index (χ4v) is 5.30. The Labute approximate surface area is 174 Å². The zero-order valence-electron chi connectivity index (χ0n) is 17.7. The van der Waals surface area contributed by atoms with E-state index >= 15 is 0 Å². The molecular formula is C24H32N4O. The second-order valence-electron chi connectivity index (χ2n) is 8.93. The lowest BCUT2D eigenvalue weighted by atomic mass is 9.68. The molecule has 1 aromatic heterocycles. The highest BCUT2D eigenvalue weighted by atomic mass is 16.2. The van der Waals surface area contributed by atoms with Gasteiger partial charge in [0.15, 0.2) is 0 Å². The summed E-state index contributed by atoms with van der Waals surface area (Å²) in [5.74, 6) is 0.684. The SMILES string of the molecule is CCCc1ncncc1C(=O)N1CCC2(CC1)C[C@H](c1ccccc1)CN(C)C2. The standard InChI is InChI=1S/C24H32N4O/c1-3-7-22-21(15-25-18-26-22)23(29)28-12-10-24(11-13-28)14-20(16-27(2)17-24)19-8-5-4-6-9-19/h4-6,8-9,15,18,20H,3,7,10-14,16-17H2,1-2H3/t20-/m0/s1. The predicted molar refractivity (Wildman–Crippen MR) is 115 cm³/mol. The molecule has 29 heavy (non-hydrogen) atoms. The summed E-state index contributed by atoms with van der Waals surface area (Å²) in [5.41, 5.74) is 3.33. The number of aryl methyl sites for hydroxylation is 1. The van der Waals surface area contributed by atoms with Crippen LogP contribution in [0.2, 0.25) is 0 Å². The van der Waals surface area contributed by atoms with Gasteiger partial charge in [-0.2, -0.15) is 0 Å². The van der Waals surface area contributed by atoms with Crippen molar-refractivity contribution < 1.29 is 4.79 Å². The van der Waals surface area contributed by atoms with Crippen LogP contribution < -0.4 is 0 Å². The molecule has 0 bridgehead atoms. The van der Waals surface area contributed by atoms with Gasteiger partial charge in [-0.05, 0) is 49.6 Å². The van der Waals surface area contributed by atoms with Gasteiger partial charge in [0.05, 0.1) is 11.3 Å². The number of nitrogens with zero attached hydrogens (tertiary/aromatic N) is 4. The lowest BCUT2D eigenvalue weighted by Gasteiger charge is -2.49. The fraction of sp³-hybridized carbons (Fsp3) is 0.542. The van der Waals surface area contributed by atoms with E-state index in [9.17, 15) is 4.79 Å². The van der Waals surface area contributed by atoms with Gasteiger partial charge in [0.1, 0.15) is 6.33 Å². The first-order chi connectivity index (χ1) is 14.1. The van der Waals surface area contributed by atoms with Crippen LogP contribution in [0, 0.1) is 5.41 Å². The van der Waals surface area contributed by atoms with E-state index in [-0.39, 0.29) is 5.91 Å². The molecule has 1 amide bonds. The number of amides is 1. The van der Waals surface area contributed by atoms with Crippen molar-refractivity contribution in [1.29, 1.82) is 0 Å². The fourth-order valence-electron chi connectivity index (χ4n) is 5.30. The molecule has 5 nitrogen and oxygen atoms in total. The van der Waals surface area contributed by atoms with Crippen molar-refractivity contribution in [2.75, 3.05) is 33.2 Å². The highest BCUT2D eigenvalue weighted by molar-refractivity contribution is 5.95. The molecule has 1 atom stereocenters. The highest BCUT2D eigenvalue weighted by Crippen LogP contribution is 2.44. The van der Waals surface area contributed by atoms with Gasteiger partial charge in [-0.25, -0.2) is 9.97 Å². The van der Waals surface area contributed by atoms with E-state index in [0.717, 1.165) is 57.6 Å². The number of rotatable bonds is 4. The third-order valence-corrected chi connectivity index (χ3v) is 6.71. The minimum atomic E-state index is 0.104. The first-order valence-corrected chi connectivity index (χ1v) is 10.9. The number of hydrogen-bond acceptors (Lipinski definition) is 4. The molecule has 2 aliphatic heterocycles. The number of likely N-dealkylation sites (N-methyl/N-ethyl adjacent to an activating group) is 1. The number of benzene rings is 1. The van der Waals surface area contributed by atoms with E-state index in [2.05, 4.69) is 59.2 Å². The molecule has 1 spiro atoms. The van der Waals surface area contributed by atoms with Crippen molar-refractivity contribution in [3.63, 3.8) is 0 Å². The Morgan fingerprint density at radius 1 is 1.21 bits per heavy atom. The second-order valence-corrected chi connectivity index (χ2v) is 8.93. The molecule has 2 fully saturated rings. The van der Waals surface area contributed by atoms with Gasteiger partial charge < -0.3 is 9.80 Å². The molecule has 0 saturated carbocycles. The zero-order chi connectivity index (χ0) is 20.3. The number of piperidine rings is 2. The Morgan fingerprint density at radius 3 is 2.69 bits per heavy atom. The van der Waals surface area contributed by atoms with E-state index in [1.54, 1.807) is 12.5 Å². The van der Waals surface area contributed by atoms with Crippen LogP contribution in [0.4, 0.5) is 0 Å². The van der Waals surface area contributed by atoms with Crippen molar-refractivity contribution in [3.05, 3.63) is 59.7 Å². The lowest BCUT2D eigenvalue weighted by Crippen LogP contribution is -2.51. The quantitative estimate of drug-likeness (QED) is 0.795. The Bertz CT molecular complexity index is 830. The number of carbonyl (C=O) groups is 1. The third-order valence-electron chi connectivity index (χ3n) is 6.71. The molecule has 0 N–H and O–H groups in total. The lowest BCUT2D eigenvalue weighted by molar-refractivity contribution is 0.0223.